The second kappa shape index (κ2) is 8.42. The molecule has 5 N–H and O–H groups in total. The number of piperidine rings is 1. The van der Waals surface area contributed by atoms with Gasteiger partial charge in [0.25, 0.3) is 0 Å². The highest BCUT2D eigenvalue weighted by Gasteiger charge is 2.33. The van der Waals surface area contributed by atoms with Crippen LogP contribution in [0.3, 0.4) is 0 Å². The molecule has 2 fully saturated rings. The highest BCUT2D eigenvalue weighted by Crippen LogP contribution is 2.24. The van der Waals surface area contributed by atoms with E-state index in [9.17, 15) is 9.59 Å². The van der Waals surface area contributed by atoms with Gasteiger partial charge in [-0.15, -0.1) is 0 Å². The van der Waals surface area contributed by atoms with Crippen LogP contribution in [-0.2, 0) is 9.59 Å². The van der Waals surface area contributed by atoms with Gasteiger partial charge in [-0.05, 0) is 24.9 Å². The predicted molar refractivity (Wildman–Crippen MR) is 95.2 cm³/mol. The zero-order valence-electron chi connectivity index (χ0n) is 14.4. The Balaban J connectivity index is 1.47. The number of hydrazine groups is 1. The van der Waals surface area contributed by atoms with Gasteiger partial charge in [0.05, 0.1) is 17.9 Å². The number of hydrogen-bond acceptors (Lipinski definition) is 5. The summed E-state index contributed by atoms with van der Waals surface area (Å²) >= 11 is 0. The third kappa shape index (κ3) is 4.56. The van der Waals surface area contributed by atoms with Crippen molar-refractivity contribution in [3.8, 4) is 0 Å². The van der Waals surface area contributed by atoms with Crippen LogP contribution in [-0.4, -0.2) is 49.4 Å². The maximum Gasteiger partial charge on any atom is 0.226 e. The fourth-order valence-corrected chi connectivity index (χ4v) is 3.68. The van der Waals surface area contributed by atoms with Crippen LogP contribution >= 0.6 is 0 Å². The Kier molecular flexibility index (Phi) is 6.01. The fraction of sp³-hybridized carbons (Fsp3) is 0.556. The van der Waals surface area contributed by atoms with Gasteiger partial charge in [-0.25, -0.2) is 5.43 Å². The van der Waals surface area contributed by atoms with Crippen molar-refractivity contribution >= 4 is 11.8 Å². The fourth-order valence-electron chi connectivity index (χ4n) is 3.68. The number of rotatable bonds is 6. The molecule has 1 aromatic rings. The Labute approximate surface area is 148 Å². The Hall–Kier alpha value is -1.96. The zero-order valence-corrected chi connectivity index (χ0v) is 14.4. The molecule has 0 radical (unpaired) electrons. The van der Waals surface area contributed by atoms with E-state index in [1.165, 1.54) is 0 Å². The predicted octanol–water partition coefficient (Wildman–Crippen LogP) is -0.235. The van der Waals surface area contributed by atoms with E-state index in [4.69, 9.17) is 5.73 Å². The number of likely N-dealkylation sites (tertiary alicyclic amines) is 1. The molecule has 25 heavy (non-hydrogen) atoms. The summed E-state index contributed by atoms with van der Waals surface area (Å²) in [4.78, 5) is 26.1. The summed E-state index contributed by atoms with van der Waals surface area (Å²) in [6.45, 7) is 3.60. The van der Waals surface area contributed by atoms with Gasteiger partial charge in [0.2, 0.25) is 11.8 Å². The molecule has 0 bridgehead atoms. The number of nitrogens with two attached hydrogens (primary N) is 1. The average molecular weight is 345 g/mol. The number of primary amides is 1. The lowest BCUT2D eigenvalue weighted by Gasteiger charge is -2.31. The summed E-state index contributed by atoms with van der Waals surface area (Å²) in [6, 6.07) is 9.98. The molecule has 3 atom stereocenters. The van der Waals surface area contributed by atoms with Crippen molar-refractivity contribution in [2.75, 3.05) is 32.7 Å². The first-order valence-corrected chi connectivity index (χ1v) is 8.98. The molecule has 2 amide bonds. The molecular formula is C18H27N5O2. The molecular weight excluding hydrogens is 318 g/mol. The third-order valence-electron chi connectivity index (χ3n) is 5.11. The van der Waals surface area contributed by atoms with Gasteiger partial charge < -0.3 is 16.0 Å². The molecule has 7 nitrogen and oxygen atoms in total. The summed E-state index contributed by atoms with van der Waals surface area (Å²) in [5, 5.41) is 3.04. The number of carbonyl (C=O) groups is 2. The molecule has 2 aliphatic heterocycles. The minimum absolute atomic E-state index is 0.0181. The van der Waals surface area contributed by atoms with Crippen molar-refractivity contribution in [3.05, 3.63) is 35.9 Å². The van der Waals surface area contributed by atoms with Crippen LogP contribution in [0, 0.1) is 11.8 Å². The van der Waals surface area contributed by atoms with E-state index >= 15 is 0 Å². The summed E-state index contributed by atoms with van der Waals surface area (Å²) in [5.41, 5.74) is 12.8. The molecule has 2 saturated heterocycles. The third-order valence-corrected chi connectivity index (χ3v) is 5.11. The van der Waals surface area contributed by atoms with Gasteiger partial charge >= 0.3 is 0 Å². The number of benzene rings is 1. The summed E-state index contributed by atoms with van der Waals surface area (Å²) in [5.74, 6) is -0.366. The highest BCUT2D eigenvalue weighted by molar-refractivity contribution is 5.80. The van der Waals surface area contributed by atoms with E-state index in [2.05, 4.69) is 21.1 Å². The van der Waals surface area contributed by atoms with Gasteiger partial charge in [-0.2, -0.15) is 0 Å². The summed E-state index contributed by atoms with van der Waals surface area (Å²) < 4.78 is 0. The molecule has 0 spiro atoms. The first kappa shape index (κ1) is 17.8. The molecule has 1 aromatic carbocycles. The second-order valence-corrected chi connectivity index (χ2v) is 6.85. The Bertz CT molecular complexity index is 594. The minimum Gasteiger partial charge on any atom is -0.369 e. The van der Waals surface area contributed by atoms with Crippen molar-refractivity contribution in [2.24, 2.45) is 17.6 Å². The molecule has 3 rings (SSSR count). The highest BCUT2D eigenvalue weighted by atomic mass is 16.2. The Morgan fingerprint density at radius 2 is 2.08 bits per heavy atom. The Morgan fingerprint density at radius 3 is 2.84 bits per heavy atom. The van der Waals surface area contributed by atoms with Crippen molar-refractivity contribution in [1.29, 1.82) is 0 Å². The number of nitrogens with zero attached hydrogens (tertiary/aromatic N) is 1. The Morgan fingerprint density at radius 1 is 1.28 bits per heavy atom. The van der Waals surface area contributed by atoms with E-state index in [1.807, 2.05) is 30.3 Å². The number of nitrogens with one attached hydrogen (secondary N) is 3. The largest absolute Gasteiger partial charge is 0.369 e. The standard InChI is InChI=1S/C18H27N5O2/c19-17(24)14-7-4-9-23(12-14)10-8-20-18(25)15-11-21-22-16(15)13-5-2-1-3-6-13/h1-3,5-6,14-16,21-22H,4,7-12H2,(H2,19,24)(H,20,25). The SMILES string of the molecule is NC(=O)C1CCCN(CCNC(=O)C2CNNC2c2ccccc2)C1. The number of hydrogen-bond donors (Lipinski definition) is 4. The van der Waals surface area contributed by atoms with Gasteiger partial charge in [-0.3, -0.25) is 15.0 Å². The topological polar surface area (TPSA) is 99.5 Å². The number of amides is 2. The van der Waals surface area contributed by atoms with Crippen LogP contribution in [0.1, 0.15) is 24.4 Å². The van der Waals surface area contributed by atoms with Crippen molar-refractivity contribution in [3.63, 3.8) is 0 Å². The molecule has 0 saturated carbocycles. The van der Waals surface area contributed by atoms with E-state index in [0.717, 1.165) is 31.5 Å². The monoisotopic (exact) mass is 345 g/mol. The average Bonchev–Trinajstić information content (AvgIpc) is 3.12. The smallest absolute Gasteiger partial charge is 0.226 e. The molecule has 2 aliphatic rings. The van der Waals surface area contributed by atoms with E-state index in [-0.39, 0.29) is 29.7 Å². The van der Waals surface area contributed by atoms with Crippen molar-refractivity contribution in [2.45, 2.75) is 18.9 Å². The van der Waals surface area contributed by atoms with Crippen LogP contribution in [0.5, 0.6) is 0 Å². The van der Waals surface area contributed by atoms with E-state index in [0.29, 0.717) is 19.6 Å². The molecule has 7 heteroatoms. The lowest BCUT2D eigenvalue weighted by molar-refractivity contribution is -0.125. The van der Waals surface area contributed by atoms with Crippen LogP contribution in [0.15, 0.2) is 30.3 Å². The quantitative estimate of drug-likeness (QED) is 0.571. The maximum absolute atomic E-state index is 12.6. The maximum atomic E-state index is 12.6. The molecule has 0 aromatic heterocycles. The molecule has 136 valence electrons. The van der Waals surface area contributed by atoms with Crippen LogP contribution < -0.4 is 21.9 Å². The van der Waals surface area contributed by atoms with E-state index < -0.39 is 0 Å². The summed E-state index contributed by atoms with van der Waals surface area (Å²) in [6.07, 6.45) is 1.85. The van der Waals surface area contributed by atoms with Crippen LogP contribution in [0.2, 0.25) is 0 Å². The molecule has 3 unspecified atom stereocenters. The van der Waals surface area contributed by atoms with Crippen LogP contribution in [0.25, 0.3) is 0 Å². The van der Waals surface area contributed by atoms with Crippen LogP contribution in [0.4, 0.5) is 0 Å². The van der Waals surface area contributed by atoms with E-state index in [1.54, 1.807) is 0 Å². The minimum atomic E-state index is -0.220. The van der Waals surface area contributed by atoms with Gasteiger partial charge in [0.15, 0.2) is 0 Å². The lowest BCUT2D eigenvalue weighted by atomic mass is 9.94. The first-order valence-electron chi connectivity index (χ1n) is 8.98. The van der Waals surface area contributed by atoms with Gasteiger partial charge in [0, 0.05) is 26.2 Å². The molecule has 2 heterocycles. The number of carbonyl (C=O) groups excluding carboxylic acids is 2. The van der Waals surface area contributed by atoms with Crippen molar-refractivity contribution < 1.29 is 9.59 Å². The van der Waals surface area contributed by atoms with Crippen molar-refractivity contribution in [1.82, 2.24) is 21.1 Å². The zero-order chi connectivity index (χ0) is 17.6. The molecule has 0 aliphatic carbocycles. The van der Waals surface area contributed by atoms with Gasteiger partial charge in [0.1, 0.15) is 0 Å². The summed E-state index contributed by atoms with van der Waals surface area (Å²) in [7, 11) is 0. The first-order chi connectivity index (χ1) is 12.1. The second-order valence-electron chi connectivity index (χ2n) is 6.85. The lowest BCUT2D eigenvalue weighted by Crippen LogP contribution is -2.45. The normalized spacial score (nSPS) is 27.1. The van der Waals surface area contributed by atoms with Gasteiger partial charge in [-0.1, -0.05) is 30.3 Å².